The van der Waals surface area contributed by atoms with Crippen LogP contribution in [0.3, 0.4) is 0 Å². The zero-order valence-corrected chi connectivity index (χ0v) is 13.8. The van der Waals surface area contributed by atoms with Gasteiger partial charge >= 0.3 is 0 Å². The Morgan fingerprint density at radius 2 is 1.82 bits per heavy atom. The molecule has 0 unspecified atom stereocenters. The number of nitrogens with one attached hydrogen (secondary N) is 1. The molecule has 0 atom stereocenters. The smallest absolute Gasteiger partial charge is 0.248 e. The Morgan fingerprint density at radius 1 is 1.09 bits per heavy atom. The van der Waals surface area contributed by atoms with Crippen molar-refractivity contribution in [2.75, 3.05) is 11.1 Å². The van der Waals surface area contributed by atoms with E-state index in [1.807, 2.05) is 24.3 Å². The lowest BCUT2D eigenvalue weighted by Crippen LogP contribution is -2.23. The van der Waals surface area contributed by atoms with Crippen molar-refractivity contribution >= 4 is 27.4 Å². The standard InChI is InChI=1S/C16H19BrN4O/c17-11-6-8-13(9-7-11)22-16-14(18)15(19-10-20-16)21-12-4-2-1-3-5-12/h6-10,12H,1-5,18H2,(H,19,20,21). The monoisotopic (exact) mass is 362 g/mol. The molecule has 0 spiro atoms. The first-order chi connectivity index (χ1) is 10.7. The SMILES string of the molecule is Nc1c(NC2CCCCC2)ncnc1Oc1ccc(Br)cc1. The van der Waals surface area contributed by atoms with Crippen LogP contribution in [0.2, 0.25) is 0 Å². The Labute approximate surface area is 138 Å². The fraction of sp³-hybridized carbons (Fsp3) is 0.375. The highest BCUT2D eigenvalue weighted by atomic mass is 79.9. The second kappa shape index (κ2) is 6.96. The number of rotatable bonds is 4. The minimum absolute atomic E-state index is 0.385. The van der Waals surface area contributed by atoms with E-state index < -0.39 is 0 Å². The van der Waals surface area contributed by atoms with Gasteiger partial charge < -0.3 is 15.8 Å². The van der Waals surface area contributed by atoms with Gasteiger partial charge in [0.15, 0.2) is 5.82 Å². The average Bonchev–Trinajstić information content (AvgIpc) is 2.54. The van der Waals surface area contributed by atoms with E-state index in [-0.39, 0.29) is 0 Å². The highest BCUT2D eigenvalue weighted by Crippen LogP contribution is 2.31. The summed E-state index contributed by atoms with van der Waals surface area (Å²) in [6.07, 6.45) is 7.62. The molecule has 0 radical (unpaired) electrons. The van der Waals surface area contributed by atoms with Gasteiger partial charge in [-0.1, -0.05) is 35.2 Å². The molecule has 0 amide bonds. The minimum atomic E-state index is 0.385. The summed E-state index contributed by atoms with van der Waals surface area (Å²) in [5.74, 6) is 1.74. The van der Waals surface area contributed by atoms with E-state index in [1.165, 1.54) is 25.6 Å². The van der Waals surface area contributed by atoms with Crippen molar-refractivity contribution < 1.29 is 4.74 Å². The lowest BCUT2D eigenvalue weighted by atomic mass is 9.95. The second-order valence-corrected chi connectivity index (χ2v) is 6.39. The third-order valence-corrected chi connectivity index (χ3v) is 4.35. The quantitative estimate of drug-likeness (QED) is 0.845. The van der Waals surface area contributed by atoms with Gasteiger partial charge in [0.25, 0.3) is 0 Å². The molecule has 1 saturated carbocycles. The second-order valence-electron chi connectivity index (χ2n) is 5.48. The van der Waals surface area contributed by atoms with Crippen molar-refractivity contribution in [3.8, 4) is 11.6 Å². The summed E-state index contributed by atoms with van der Waals surface area (Å²) < 4.78 is 6.75. The summed E-state index contributed by atoms with van der Waals surface area (Å²) in [6, 6.07) is 7.98. The number of hydrogen-bond donors (Lipinski definition) is 2. The third kappa shape index (κ3) is 3.68. The van der Waals surface area contributed by atoms with Crippen LogP contribution in [0.1, 0.15) is 32.1 Å². The topological polar surface area (TPSA) is 73.1 Å². The summed E-state index contributed by atoms with van der Waals surface area (Å²) >= 11 is 3.40. The number of nitrogens with zero attached hydrogens (tertiary/aromatic N) is 2. The van der Waals surface area contributed by atoms with Crippen molar-refractivity contribution in [2.24, 2.45) is 0 Å². The Hall–Kier alpha value is -1.82. The minimum Gasteiger partial charge on any atom is -0.437 e. The van der Waals surface area contributed by atoms with E-state index in [2.05, 4.69) is 31.2 Å². The number of benzene rings is 1. The summed E-state index contributed by atoms with van der Waals surface area (Å²) in [5.41, 5.74) is 6.61. The van der Waals surface area contributed by atoms with E-state index in [9.17, 15) is 0 Å². The zero-order valence-electron chi connectivity index (χ0n) is 12.3. The van der Waals surface area contributed by atoms with E-state index in [1.54, 1.807) is 0 Å². The molecule has 1 aromatic heterocycles. The van der Waals surface area contributed by atoms with Gasteiger partial charge in [0.2, 0.25) is 5.88 Å². The van der Waals surface area contributed by atoms with Gasteiger partial charge in [-0.15, -0.1) is 0 Å². The summed E-state index contributed by atoms with van der Waals surface area (Å²) in [7, 11) is 0. The lowest BCUT2D eigenvalue weighted by molar-refractivity contribution is 0.457. The number of nitrogen functional groups attached to an aromatic ring is 1. The van der Waals surface area contributed by atoms with Crippen molar-refractivity contribution in [1.29, 1.82) is 0 Å². The maximum atomic E-state index is 6.16. The molecule has 2 aromatic rings. The molecule has 22 heavy (non-hydrogen) atoms. The van der Waals surface area contributed by atoms with Gasteiger partial charge in [-0.25, -0.2) is 4.98 Å². The number of ether oxygens (including phenoxy) is 1. The van der Waals surface area contributed by atoms with Gasteiger partial charge in [-0.3, -0.25) is 0 Å². The highest BCUT2D eigenvalue weighted by molar-refractivity contribution is 9.10. The van der Waals surface area contributed by atoms with Crippen LogP contribution in [-0.2, 0) is 0 Å². The van der Waals surface area contributed by atoms with Gasteiger partial charge in [-0.05, 0) is 37.1 Å². The Morgan fingerprint density at radius 3 is 2.55 bits per heavy atom. The van der Waals surface area contributed by atoms with Gasteiger partial charge in [0, 0.05) is 10.5 Å². The molecule has 3 N–H and O–H groups in total. The van der Waals surface area contributed by atoms with Crippen molar-refractivity contribution in [2.45, 2.75) is 38.1 Å². The fourth-order valence-corrected chi connectivity index (χ4v) is 2.89. The first kappa shape index (κ1) is 15.1. The molecule has 1 aliphatic rings. The van der Waals surface area contributed by atoms with Crippen LogP contribution in [-0.4, -0.2) is 16.0 Å². The van der Waals surface area contributed by atoms with Crippen LogP contribution in [0.15, 0.2) is 35.1 Å². The molecule has 1 heterocycles. The van der Waals surface area contributed by atoms with Crippen molar-refractivity contribution in [3.05, 3.63) is 35.1 Å². The molecule has 3 rings (SSSR count). The summed E-state index contributed by atoms with van der Waals surface area (Å²) in [6.45, 7) is 0. The van der Waals surface area contributed by atoms with Gasteiger partial charge in [0.1, 0.15) is 17.8 Å². The molecule has 0 bridgehead atoms. The van der Waals surface area contributed by atoms with Gasteiger partial charge in [0.05, 0.1) is 0 Å². The molecule has 0 saturated heterocycles. The first-order valence-electron chi connectivity index (χ1n) is 7.53. The van der Waals surface area contributed by atoms with E-state index in [0.717, 1.165) is 17.3 Å². The summed E-state index contributed by atoms with van der Waals surface area (Å²) in [5, 5.41) is 3.42. The largest absolute Gasteiger partial charge is 0.437 e. The van der Waals surface area contributed by atoms with E-state index in [4.69, 9.17) is 10.5 Å². The van der Waals surface area contributed by atoms with Crippen LogP contribution in [0.5, 0.6) is 11.6 Å². The Bertz CT molecular complexity index is 627. The third-order valence-electron chi connectivity index (χ3n) is 3.82. The highest BCUT2D eigenvalue weighted by Gasteiger charge is 2.17. The normalized spacial score (nSPS) is 15.5. The maximum Gasteiger partial charge on any atom is 0.248 e. The van der Waals surface area contributed by atoms with E-state index in [0.29, 0.717) is 29.2 Å². The average molecular weight is 363 g/mol. The number of hydrogen-bond acceptors (Lipinski definition) is 5. The van der Waals surface area contributed by atoms with Crippen LogP contribution in [0.25, 0.3) is 0 Å². The van der Waals surface area contributed by atoms with Gasteiger partial charge in [-0.2, -0.15) is 4.98 Å². The number of anilines is 2. The predicted octanol–water partition coefficient (Wildman–Crippen LogP) is 4.36. The number of halogens is 1. The summed E-state index contributed by atoms with van der Waals surface area (Å²) in [4.78, 5) is 8.39. The molecule has 0 aliphatic heterocycles. The van der Waals surface area contributed by atoms with E-state index >= 15 is 0 Å². The predicted molar refractivity (Wildman–Crippen MR) is 91.2 cm³/mol. The molecular weight excluding hydrogens is 344 g/mol. The van der Waals surface area contributed by atoms with Crippen LogP contribution in [0, 0.1) is 0 Å². The molecule has 1 aliphatic carbocycles. The number of nitrogens with two attached hydrogens (primary N) is 1. The first-order valence-corrected chi connectivity index (χ1v) is 8.32. The van der Waals surface area contributed by atoms with Crippen LogP contribution >= 0.6 is 15.9 Å². The molecule has 116 valence electrons. The lowest BCUT2D eigenvalue weighted by Gasteiger charge is -2.24. The fourth-order valence-electron chi connectivity index (χ4n) is 2.63. The molecule has 6 heteroatoms. The van der Waals surface area contributed by atoms with Crippen molar-refractivity contribution in [1.82, 2.24) is 9.97 Å². The molecule has 1 fully saturated rings. The zero-order chi connectivity index (χ0) is 15.4. The van der Waals surface area contributed by atoms with Crippen molar-refractivity contribution in [3.63, 3.8) is 0 Å². The maximum absolute atomic E-state index is 6.16. The molecule has 5 nitrogen and oxygen atoms in total. The van der Waals surface area contributed by atoms with Crippen LogP contribution < -0.4 is 15.8 Å². The Balaban J connectivity index is 1.74. The molecule has 1 aromatic carbocycles. The molecular formula is C16H19BrN4O. The number of aromatic nitrogens is 2. The Kier molecular flexibility index (Phi) is 4.77. The van der Waals surface area contributed by atoms with Crippen LogP contribution in [0.4, 0.5) is 11.5 Å².